The van der Waals surface area contributed by atoms with Gasteiger partial charge in [0.25, 0.3) is 0 Å². The molecule has 0 aromatic heterocycles. The third kappa shape index (κ3) is 6.24. The van der Waals surface area contributed by atoms with Gasteiger partial charge in [-0.05, 0) is 69.3 Å². The molecule has 0 spiro atoms. The van der Waals surface area contributed by atoms with E-state index in [1.54, 1.807) is 7.11 Å². The van der Waals surface area contributed by atoms with Gasteiger partial charge in [0.05, 0.1) is 7.11 Å². The summed E-state index contributed by atoms with van der Waals surface area (Å²) < 4.78 is 5.25. The number of guanidine groups is 1. The van der Waals surface area contributed by atoms with Crippen LogP contribution < -0.4 is 10.1 Å². The molecule has 0 bridgehead atoms. The summed E-state index contributed by atoms with van der Waals surface area (Å²) in [6.07, 6.45) is 5.07. The summed E-state index contributed by atoms with van der Waals surface area (Å²) >= 11 is 0. The Kier molecular flexibility index (Phi) is 9.85. The van der Waals surface area contributed by atoms with E-state index in [1.807, 2.05) is 12.1 Å². The van der Waals surface area contributed by atoms with E-state index in [-0.39, 0.29) is 24.0 Å². The molecular formula is C22H37IN4O. The molecule has 5 nitrogen and oxygen atoms in total. The average Bonchev–Trinajstić information content (AvgIpc) is 3.39. The number of likely N-dealkylation sites (tertiary alicyclic amines) is 2. The lowest BCUT2D eigenvalue weighted by molar-refractivity contribution is 0.249. The quantitative estimate of drug-likeness (QED) is 0.350. The molecule has 2 heterocycles. The van der Waals surface area contributed by atoms with Crippen molar-refractivity contribution in [2.24, 2.45) is 4.99 Å². The van der Waals surface area contributed by atoms with Gasteiger partial charge < -0.3 is 15.0 Å². The molecule has 0 saturated carbocycles. The minimum Gasteiger partial charge on any atom is -0.497 e. The monoisotopic (exact) mass is 500 g/mol. The van der Waals surface area contributed by atoms with Crippen LogP contribution in [-0.2, 0) is 0 Å². The largest absolute Gasteiger partial charge is 0.497 e. The highest BCUT2D eigenvalue weighted by Crippen LogP contribution is 2.23. The van der Waals surface area contributed by atoms with E-state index in [9.17, 15) is 0 Å². The fraction of sp³-hybridized carbons (Fsp3) is 0.682. The van der Waals surface area contributed by atoms with Crippen LogP contribution in [0.25, 0.3) is 0 Å². The van der Waals surface area contributed by atoms with Gasteiger partial charge >= 0.3 is 0 Å². The number of hydrogen-bond donors (Lipinski definition) is 1. The lowest BCUT2D eigenvalue weighted by Crippen LogP contribution is -2.42. The van der Waals surface area contributed by atoms with E-state index in [1.165, 1.54) is 37.9 Å². The van der Waals surface area contributed by atoms with Gasteiger partial charge in [0.2, 0.25) is 0 Å². The molecule has 158 valence electrons. The first-order valence-corrected chi connectivity index (χ1v) is 10.6. The van der Waals surface area contributed by atoms with Crippen molar-refractivity contribution < 1.29 is 4.74 Å². The van der Waals surface area contributed by atoms with Crippen molar-refractivity contribution in [1.82, 2.24) is 15.1 Å². The molecular weight excluding hydrogens is 463 g/mol. The topological polar surface area (TPSA) is 40.1 Å². The third-order valence-electron chi connectivity index (χ3n) is 5.96. The fourth-order valence-electron chi connectivity index (χ4n) is 4.23. The van der Waals surface area contributed by atoms with Crippen LogP contribution in [-0.4, -0.2) is 68.2 Å². The number of methoxy groups -OCH3 is 1. The zero-order chi connectivity index (χ0) is 19.1. The third-order valence-corrected chi connectivity index (χ3v) is 5.96. The SMILES string of the molecule is CCNC(=NCCC(C)c1ccc(OC)cc1)N1CCC(N2CCCC2)C1.I. The summed E-state index contributed by atoms with van der Waals surface area (Å²) in [4.78, 5) is 10.1. The second kappa shape index (κ2) is 11.9. The van der Waals surface area contributed by atoms with Crippen molar-refractivity contribution in [2.75, 3.05) is 46.4 Å². The zero-order valence-electron chi connectivity index (χ0n) is 17.7. The van der Waals surface area contributed by atoms with Gasteiger partial charge in [0, 0.05) is 32.2 Å². The van der Waals surface area contributed by atoms with Crippen molar-refractivity contribution >= 4 is 29.9 Å². The molecule has 2 fully saturated rings. The van der Waals surface area contributed by atoms with Crippen LogP contribution in [0.15, 0.2) is 29.3 Å². The molecule has 0 aliphatic carbocycles. The van der Waals surface area contributed by atoms with Gasteiger partial charge in [0.1, 0.15) is 5.75 Å². The molecule has 2 unspecified atom stereocenters. The molecule has 2 aliphatic heterocycles. The lowest BCUT2D eigenvalue weighted by atomic mass is 9.98. The minimum atomic E-state index is 0. The number of nitrogens with one attached hydrogen (secondary N) is 1. The predicted molar refractivity (Wildman–Crippen MR) is 128 cm³/mol. The summed E-state index contributed by atoms with van der Waals surface area (Å²) in [5, 5.41) is 3.51. The molecule has 0 amide bonds. The fourth-order valence-corrected chi connectivity index (χ4v) is 4.23. The van der Waals surface area contributed by atoms with Crippen LogP contribution in [0.4, 0.5) is 0 Å². The molecule has 3 rings (SSSR count). The molecule has 1 aromatic rings. The summed E-state index contributed by atoms with van der Waals surface area (Å²) in [6.45, 7) is 11.0. The van der Waals surface area contributed by atoms with Gasteiger partial charge in [-0.2, -0.15) is 0 Å². The van der Waals surface area contributed by atoms with Crippen molar-refractivity contribution in [2.45, 2.75) is 51.5 Å². The maximum atomic E-state index is 5.25. The van der Waals surface area contributed by atoms with E-state index in [2.05, 4.69) is 41.1 Å². The van der Waals surface area contributed by atoms with E-state index in [0.717, 1.165) is 50.4 Å². The number of benzene rings is 1. The summed E-state index contributed by atoms with van der Waals surface area (Å²) in [7, 11) is 1.71. The normalized spacial score (nSPS) is 21.5. The Bertz CT molecular complexity index is 601. The van der Waals surface area contributed by atoms with Crippen LogP contribution >= 0.6 is 24.0 Å². The number of ether oxygens (including phenoxy) is 1. The number of hydrogen-bond acceptors (Lipinski definition) is 3. The van der Waals surface area contributed by atoms with E-state index >= 15 is 0 Å². The first kappa shape index (κ1) is 23.3. The number of aliphatic imine (C=N–C) groups is 1. The smallest absolute Gasteiger partial charge is 0.193 e. The van der Waals surface area contributed by atoms with E-state index in [0.29, 0.717) is 5.92 Å². The highest BCUT2D eigenvalue weighted by Gasteiger charge is 2.30. The highest BCUT2D eigenvalue weighted by atomic mass is 127. The average molecular weight is 500 g/mol. The van der Waals surface area contributed by atoms with Gasteiger partial charge in [-0.15, -0.1) is 24.0 Å². The van der Waals surface area contributed by atoms with Crippen LogP contribution in [0.1, 0.15) is 51.0 Å². The number of halogens is 1. The summed E-state index contributed by atoms with van der Waals surface area (Å²) in [5.41, 5.74) is 1.35. The zero-order valence-corrected chi connectivity index (χ0v) is 20.0. The first-order chi connectivity index (χ1) is 13.2. The Balaban J connectivity index is 0.00000280. The molecule has 28 heavy (non-hydrogen) atoms. The highest BCUT2D eigenvalue weighted by molar-refractivity contribution is 14.0. The molecule has 1 N–H and O–H groups in total. The second-order valence-electron chi connectivity index (χ2n) is 7.83. The summed E-state index contributed by atoms with van der Waals surface area (Å²) in [6, 6.07) is 9.14. The molecule has 2 atom stereocenters. The van der Waals surface area contributed by atoms with E-state index in [4.69, 9.17) is 9.73 Å². The van der Waals surface area contributed by atoms with Crippen LogP contribution in [0.5, 0.6) is 5.75 Å². The van der Waals surface area contributed by atoms with Crippen molar-refractivity contribution in [3.63, 3.8) is 0 Å². The molecule has 6 heteroatoms. The Labute approximate surface area is 187 Å². The van der Waals surface area contributed by atoms with Crippen molar-refractivity contribution in [3.05, 3.63) is 29.8 Å². The Hall–Kier alpha value is -1.02. The van der Waals surface area contributed by atoms with Crippen molar-refractivity contribution in [1.29, 1.82) is 0 Å². The molecule has 2 aliphatic rings. The minimum absolute atomic E-state index is 0. The van der Waals surface area contributed by atoms with E-state index < -0.39 is 0 Å². The standard InChI is InChI=1S/C22H36N4O.HI/c1-4-23-22(26-16-12-20(17-26)25-14-5-6-15-25)24-13-11-18(2)19-7-9-21(27-3)10-8-19;/h7-10,18,20H,4-6,11-17H2,1-3H3,(H,23,24);1H. The van der Waals surface area contributed by atoms with Crippen molar-refractivity contribution in [3.8, 4) is 5.75 Å². The molecule has 0 radical (unpaired) electrons. The number of nitrogens with zero attached hydrogens (tertiary/aromatic N) is 3. The molecule has 2 saturated heterocycles. The summed E-state index contributed by atoms with van der Waals surface area (Å²) in [5.74, 6) is 2.51. The van der Waals surface area contributed by atoms with Crippen LogP contribution in [0, 0.1) is 0 Å². The first-order valence-electron chi connectivity index (χ1n) is 10.6. The second-order valence-corrected chi connectivity index (χ2v) is 7.83. The maximum Gasteiger partial charge on any atom is 0.193 e. The van der Waals surface area contributed by atoms with Crippen LogP contribution in [0.2, 0.25) is 0 Å². The van der Waals surface area contributed by atoms with Gasteiger partial charge in [-0.25, -0.2) is 0 Å². The Morgan fingerprint density at radius 1 is 1.21 bits per heavy atom. The molecule has 1 aromatic carbocycles. The van der Waals surface area contributed by atoms with Crippen LogP contribution in [0.3, 0.4) is 0 Å². The van der Waals surface area contributed by atoms with Gasteiger partial charge in [-0.1, -0.05) is 19.1 Å². The maximum absolute atomic E-state index is 5.25. The Morgan fingerprint density at radius 2 is 1.93 bits per heavy atom. The predicted octanol–water partition coefficient (Wildman–Crippen LogP) is 3.94. The number of rotatable bonds is 7. The van der Waals surface area contributed by atoms with Gasteiger partial charge in [-0.3, -0.25) is 9.89 Å². The lowest BCUT2D eigenvalue weighted by Gasteiger charge is -2.25. The van der Waals surface area contributed by atoms with Gasteiger partial charge in [0.15, 0.2) is 5.96 Å². The Morgan fingerprint density at radius 3 is 2.57 bits per heavy atom.